The fourth-order valence-electron chi connectivity index (χ4n) is 1.46. The summed E-state index contributed by atoms with van der Waals surface area (Å²) in [7, 11) is 0. The standard InChI is InChI=1S/C11H12FN5/c1-7-2-8(12)4-9(3-7)16-10-5-11(17-13)15-6-14-10/h2-6H,13H2,1H3,(H2,14,15,16,17). The number of hydrazine groups is 1. The topological polar surface area (TPSA) is 75.9 Å². The maximum Gasteiger partial charge on any atom is 0.145 e. The Hall–Kier alpha value is -2.21. The van der Waals surface area contributed by atoms with E-state index in [1.807, 2.05) is 13.0 Å². The third kappa shape index (κ3) is 2.88. The number of hydrogen-bond donors (Lipinski definition) is 3. The van der Waals surface area contributed by atoms with Crippen molar-refractivity contribution in [2.75, 3.05) is 10.7 Å². The molecular weight excluding hydrogens is 221 g/mol. The van der Waals surface area contributed by atoms with Gasteiger partial charge in [0.15, 0.2) is 0 Å². The molecule has 0 atom stereocenters. The second-order valence-corrected chi connectivity index (χ2v) is 3.58. The highest BCUT2D eigenvalue weighted by atomic mass is 19.1. The first-order valence-corrected chi connectivity index (χ1v) is 5.00. The molecule has 0 fully saturated rings. The van der Waals surface area contributed by atoms with Crippen molar-refractivity contribution in [3.63, 3.8) is 0 Å². The molecule has 0 saturated heterocycles. The van der Waals surface area contributed by atoms with Gasteiger partial charge in [0.1, 0.15) is 23.8 Å². The average Bonchev–Trinajstić information content (AvgIpc) is 2.28. The molecule has 0 amide bonds. The largest absolute Gasteiger partial charge is 0.340 e. The van der Waals surface area contributed by atoms with Crippen LogP contribution in [0.4, 0.5) is 21.7 Å². The zero-order chi connectivity index (χ0) is 12.3. The summed E-state index contributed by atoms with van der Waals surface area (Å²) in [4.78, 5) is 7.88. The molecule has 1 aromatic heterocycles. The Kier molecular flexibility index (Phi) is 3.15. The lowest BCUT2D eigenvalue weighted by Crippen LogP contribution is -2.09. The maximum absolute atomic E-state index is 13.2. The molecule has 0 saturated carbocycles. The van der Waals surface area contributed by atoms with Gasteiger partial charge in [0.2, 0.25) is 0 Å². The Morgan fingerprint density at radius 3 is 2.59 bits per heavy atom. The van der Waals surface area contributed by atoms with E-state index in [2.05, 4.69) is 20.7 Å². The van der Waals surface area contributed by atoms with Crippen LogP contribution >= 0.6 is 0 Å². The Morgan fingerprint density at radius 2 is 1.88 bits per heavy atom. The smallest absolute Gasteiger partial charge is 0.145 e. The SMILES string of the molecule is Cc1cc(F)cc(Nc2cc(NN)ncn2)c1. The molecule has 2 aromatic rings. The molecule has 0 aliphatic rings. The van der Waals surface area contributed by atoms with Gasteiger partial charge in [0, 0.05) is 11.8 Å². The number of aryl methyl sites for hydroxylation is 1. The molecule has 6 heteroatoms. The lowest BCUT2D eigenvalue weighted by atomic mass is 10.2. The third-order valence-electron chi connectivity index (χ3n) is 2.13. The zero-order valence-corrected chi connectivity index (χ0v) is 9.24. The molecule has 0 radical (unpaired) electrons. The fourth-order valence-corrected chi connectivity index (χ4v) is 1.46. The number of nitrogens with one attached hydrogen (secondary N) is 2. The van der Waals surface area contributed by atoms with Gasteiger partial charge in [-0.25, -0.2) is 20.2 Å². The van der Waals surface area contributed by atoms with Crippen LogP contribution in [0.15, 0.2) is 30.6 Å². The number of anilines is 3. The molecule has 0 unspecified atom stereocenters. The van der Waals surface area contributed by atoms with Crippen molar-refractivity contribution in [2.24, 2.45) is 5.84 Å². The Labute approximate surface area is 97.9 Å². The summed E-state index contributed by atoms with van der Waals surface area (Å²) in [6.45, 7) is 1.82. The van der Waals surface area contributed by atoms with Crippen LogP contribution in [0.5, 0.6) is 0 Å². The summed E-state index contributed by atoms with van der Waals surface area (Å²) >= 11 is 0. The van der Waals surface area contributed by atoms with Crippen LogP contribution in [0.2, 0.25) is 0 Å². The van der Waals surface area contributed by atoms with E-state index in [0.29, 0.717) is 17.3 Å². The van der Waals surface area contributed by atoms with Crippen LogP contribution in [0.25, 0.3) is 0 Å². The molecule has 0 spiro atoms. The minimum absolute atomic E-state index is 0.293. The monoisotopic (exact) mass is 233 g/mol. The highest BCUT2D eigenvalue weighted by Crippen LogP contribution is 2.18. The first kappa shape index (κ1) is 11.3. The number of nitrogens with zero attached hydrogens (tertiary/aromatic N) is 2. The molecule has 4 N–H and O–H groups in total. The van der Waals surface area contributed by atoms with E-state index in [1.54, 1.807) is 6.07 Å². The normalized spacial score (nSPS) is 10.1. The van der Waals surface area contributed by atoms with E-state index in [4.69, 9.17) is 5.84 Å². The Balaban J connectivity index is 2.24. The summed E-state index contributed by atoms with van der Waals surface area (Å²) in [5.74, 6) is 5.96. The summed E-state index contributed by atoms with van der Waals surface area (Å²) in [5.41, 5.74) is 3.87. The Morgan fingerprint density at radius 1 is 1.12 bits per heavy atom. The highest BCUT2D eigenvalue weighted by molar-refractivity contribution is 5.59. The number of hydrogen-bond acceptors (Lipinski definition) is 5. The molecule has 0 aliphatic carbocycles. The molecule has 1 heterocycles. The van der Waals surface area contributed by atoms with Crippen molar-refractivity contribution in [2.45, 2.75) is 6.92 Å². The number of aromatic nitrogens is 2. The molecule has 2 rings (SSSR count). The first-order valence-electron chi connectivity index (χ1n) is 5.00. The van der Waals surface area contributed by atoms with E-state index < -0.39 is 0 Å². The summed E-state index contributed by atoms with van der Waals surface area (Å²) < 4.78 is 13.2. The highest BCUT2D eigenvalue weighted by Gasteiger charge is 2.01. The van der Waals surface area contributed by atoms with Crippen molar-refractivity contribution in [1.29, 1.82) is 0 Å². The maximum atomic E-state index is 13.2. The van der Waals surface area contributed by atoms with Gasteiger partial charge in [-0.05, 0) is 30.7 Å². The van der Waals surface area contributed by atoms with Gasteiger partial charge in [-0.2, -0.15) is 0 Å². The first-order chi connectivity index (χ1) is 8.17. The average molecular weight is 233 g/mol. The van der Waals surface area contributed by atoms with E-state index in [-0.39, 0.29) is 5.82 Å². The second kappa shape index (κ2) is 4.75. The molecule has 1 aromatic carbocycles. The molecule has 88 valence electrons. The number of benzene rings is 1. The van der Waals surface area contributed by atoms with Crippen LogP contribution in [0.1, 0.15) is 5.56 Å². The number of nitrogens with two attached hydrogens (primary N) is 1. The van der Waals surface area contributed by atoms with Gasteiger partial charge in [0.25, 0.3) is 0 Å². The molecule has 0 bridgehead atoms. The minimum atomic E-state index is -0.293. The van der Waals surface area contributed by atoms with Crippen LogP contribution in [0, 0.1) is 12.7 Å². The third-order valence-corrected chi connectivity index (χ3v) is 2.13. The quantitative estimate of drug-likeness (QED) is 0.558. The number of nitrogen functional groups attached to an aromatic ring is 1. The van der Waals surface area contributed by atoms with E-state index in [1.165, 1.54) is 18.5 Å². The van der Waals surface area contributed by atoms with Crippen molar-refractivity contribution in [3.8, 4) is 0 Å². The van der Waals surface area contributed by atoms with E-state index in [9.17, 15) is 4.39 Å². The lowest BCUT2D eigenvalue weighted by Gasteiger charge is -2.07. The van der Waals surface area contributed by atoms with Gasteiger partial charge >= 0.3 is 0 Å². The zero-order valence-electron chi connectivity index (χ0n) is 9.24. The summed E-state index contributed by atoms with van der Waals surface area (Å²) in [5, 5.41) is 2.97. The van der Waals surface area contributed by atoms with E-state index >= 15 is 0 Å². The van der Waals surface area contributed by atoms with Crippen molar-refractivity contribution < 1.29 is 4.39 Å². The fraction of sp³-hybridized carbons (Fsp3) is 0.0909. The van der Waals surface area contributed by atoms with Crippen molar-refractivity contribution >= 4 is 17.3 Å². The predicted octanol–water partition coefficient (Wildman–Crippen LogP) is 1.95. The molecular formula is C11H12FN5. The van der Waals surface area contributed by atoms with Gasteiger partial charge in [-0.3, -0.25) is 0 Å². The van der Waals surface area contributed by atoms with Gasteiger partial charge in [-0.15, -0.1) is 0 Å². The van der Waals surface area contributed by atoms with E-state index in [0.717, 1.165) is 5.56 Å². The van der Waals surface area contributed by atoms with Crippen LogP contribution < -0.4 is 16.6 Å². The van der Waals surface area contributed by atoms with Crippen molar-refractivity contribution in [3.05, 3.63) is 42.0 Å². The van der Waals surface area contributed by atoms with Crippen LogP contribution in [-0.2, 0) is 0 Å². The lowest BCUT2D eigenvalue weighted by molar-refractivity contribution is 0.627. The predicted molar refractivity (Wildman–Crippen MR) is 64.3 cm³/mol. The van der Waals surface area contributed by atoms with Crippen molar-refractivity contribution in [1.82, 2.24) is 9.97 Å². The number of rotatable bonds is 3. The van der Waals surface area contributed by atoms with Gasteiger partial charge in [0.05, 0.1) is 0 Å². The molecule has 0 aliphatic heterocycles. The van der Waals surface area contributed by atoms with Crippen LogP contribution in [0.3, 0.4) is 0 Å². The molecule has 5 nitrogen and oxygen atoms in total. The van der Waals surface area contributed by atoms with Gasteiger partial charge < -0.3 is 10.7 Å². The summed E-state index contributed by atoms with van der Waals surface area (Å²) in [6, 6.07) is 6.30. The van der Waals surface area contributed by atoms with Gasteiger partial charge in [-0.1, -0.05) is 0 Å². The van der Waals surface area contributed by atoms with Crippen LogP contribution in [-0.4, -0.2) is 9.97 Å². The second-order valence-electron chi connectivity index (χ2n) is 3.58. The summed E-state index contributed by atoms with van der Waals surface area (Å²) in [6.07, 6.45) is 1.36. The Bertz CT molecular complexity index is 509. The number of halogens is 1. The molecule has 17 heavy (non-hydrogen) atoms. The minimum Gasteiger partial charge on any atom is -0.340 e.